The number of rotatable bonds is 3. The molecule has 14 heavy (non-hydrogen) atoms. The Balaban J connectivity index is 3.03. The first kappa shape index (κ1) is 10.6. The van der Waals surface area contributed by atoms with E-state index in [1.165, 1.54) is 0 Å². The van der Waals surface area contributed by atoms with Gasteiger partial charge in [0, 0.05) is 0 Å². The fourth-order valence-electron chi connectivity index (χ4n) is 1.39. The van der Waals surface area contributed by atoms with Gasteiger partial charge >= 0.3 is 0 Å². The van der Waals surface area contributed by atoms with Crippen LogP contribution in [0.5, 0.6) is 5.75 Å². The molecule has 0 amide bonds. The summed E-state index contributed by atoms with van der Waals surface area (Å²) >= 11 is 0. The van der Waals surface area contributed by atoms with E-state index < -0.39 is 0 Å². The van der Waals surface area contributed by atoms with Crippen molar-refractivity contribution in [3.63, 3.8) is 0 Å². The molecule has 0 saturated carbocycles. The summed E-state index contributed by atoms with van der Waals surface area (Å²) < 4.78 is 5.14. The molecule has 1 N–H and O–H groups in total. The van der Waals surface area contributed by atoms with Gasteiger partial charge in [-0.05, 0) is 37.2 Å². The van der Waals surface area contributed by atoms with E-state index >= 15 is 0 Å². The molecule has 1 unspecified atom stereocenters. The van der Waals surface area contributed by atoms with E-state index in [9.17, 15) is 0 Å². The van der Waals surface area contributed by atoms with Crippen LogP contribution in [0.15, 0.2) is 18.2 Å². The minimum absolute atomic E-state index is 0.250. The van der Waals surface area contributed by atoms with Crippen molar-refractivity contribution in [2.45, 2.75) is 13.0 Å². The van der Waals surface area contributed by atoms with Crippen LogP contribution in [0.3, 0.4) is 0 Å². The Labute approximate surface area is 84.3 Å². The second-order valence-corrected chi connectivity index (χ2v) is 3.08. The van der Waals surface area contributed by atoms with Crippen molar-refractivity contribution < 1.29 is 4.74 Å². The zero-order chi connectivity index (χ0) is 10.6. The highest BCUT2D eigenvalue weighted by Crippen LogP contribution is 2.21. The van der Waals surface area contributed by atoms with Gasteiger partial charge in [-0.25, -0.2) is 0 Å². The lowest BCUT2D eigenvalue weighted by Gasteiger charge is -2.10. The molecule has 74 valence electrons. The van der Waals surface area contributed by atoms with Crippen molar-refractivity contribution >= 4 is 0 Å². The van der Waals surface area contributed by atoms with Crippen molar-refractivity contribution in [3.05, 3.63) is 29.3 Å². The first-order valence-corrected chi connectivity index (χ1v) is 4.44. The van der Waals surface area contributed by atoms with Crippen LogP contribution in [0.2, 0.25) is 0 Å². The summed E-state index contributed by atoms with van der Waals surface area (Å²) in [5, 5.41) is 11.8. The lowest BCUT2D eigenvalue weighted by Crippen LogP contribution is -2.14. The number of nitriles is 1. The zero-order valence-electron chi connectivity index (χ0n) is 8.66. The van der Waals surface area contributed by atoms with Gasteiger partial charge in [0.15, 0.2) is 0 Å². The minimum atomic E-state index is -0.250. The fourth-order valence-corrected chi connectivity index (χ4v) is 1.39. The van der Waals surface area contributed by atoms with Crippen LogP contribution < -0.4 is 10.1 Å². The topological polar surface area (TPSA) is 45.0 Å². The molecule has 3 heteroatoms. The number of hydrogen-bond donors (Lipinski definition) is 1. The number of nitrogens with one attached hydrogen (secondary N) is 1. The standard InChI is InChI=1S/C11H14N2O/c1-8-6-9(10(7-12)13-2)4-5-11(8)14-3/h4-6,10,13H,1-3H3. The van der Waals surface area contributed by atoms with E-state index in [-0.39, 0.29) is 6.04 Å². The highest BCUT2D eigenvalue weighted by molar-refractivity contribution is 5.38. The molecule has 0 aliphatic carbocycles. The van der Waals surface area contributed by atoms with Crippen molar-refractivity contribution in [2.24, 2.45) is 0 Å². The third kappa shape index (κ3) is 2.04. The average Bonchev–Trinajstić information content (AvgIpc) is 2.20. The van der Waals surface area contributed by atoms with Gasteiger partial charge in [-0.15, -0.1) is 0 Å². The molecule has 1 aromatic rings. The highest BCUT2D eigenvalue weighted by atomic mass is 16.5. The minimum Gasteiger partial charge on any atom is -0.496 e. The summed E-state index contributed by atoms with van der Waals surface area (Å²) in [6.45, 7) is 1.96. The van der Waals surface area contributed by atoms with Crippen molar-refractivity contribution in [1.29, 1.82) is 5.26 Å². The molecule has 0 fully saturated rings. The van der Waals surface area contributed by atoms with Gasteiger partial charge in [0.25, 0.3) is 0 Å². The second kappa shape index (κ2) is 4.64. The van der Waals surface area contributed by atoms with Crippen LogP contribution >= 0.6 is 0 Å². The SMILES string of the molecule is CNC(C#N)c1ccc(OC)c(C)c1. The summed E-state index contributed by atoms with van der Waals surface area (Å²) in [5.74, 6) is 0.849. The normalized spacial score (nSPS) is 11.9. The molecule has 0 heterocycles. The third-order valence-electron chi connectivity index (χ3n) is 2.17. The predicted molar refractivity (Wildman–Crippen MR) is 55.1 cm³/mol. The lowest BCUT2D eigenvalue weighted by molar-refractivity contribution is 0.411. The molecular formula is C11H14N2O. The van der Waals surface area contributed by atoms with Gasteiger partial charge in [0.2, 0.25) is 0 Å². The predicted octanol–water partition coefficient (Wildman–Crippen LogP) is 1.79. The maximum absolute atomic E-state index is 8.85. The highest BCUT2D eigenvalue weighted by Gasteiger charge is 2.08. The molecule has 0 aromatic heterocycles. The maximum atomic E-state index is 8.85. The molecule has 0 bridgehead atoms. The number of aryl methyl sites for hydroxylation is 1. The summed E-state index contributed by atoms with van der Waals surface area (Å²) in [6.07, 6.45) is 0. The molecule has 0 spiro atoms. The summed E-state index contributed by atoms with van der Waals surface area (Å²) in [4.78, 5) is 0. The van der Waals surface area contributed by atoms with Gasteiger partial charge in [-0.2, -0.15) is 5.26 Å². The van der Waals surface area contributed by atoms with E-state index in [0.29, 0.717) is 0 Å². The number of nitrogens with zero attached hydrogens (tertiary/aromatic N) is 1. The van der Waals surface area contributed by atoms with Crippen LogP contribution in [0.1, 0.15) is 17.2 Å². The van der Waals surface area contributed by atoms with Crippen molar-refractivity contribution in [2.75, 3.05) is 14.2 Å². The van der Waals surface area contributed by atoms with Gasteiger partial charge in [-0.3, -0.25) is 0 Å². The Hall–Kier alpha value is -1.53. The molecule has 1 atom stereocenters. The van der Waals surface area contributed by atoms with E-state index in [0.717, 1.165) is 16.9 Å². The van der Waals surface area contributed by atoms with Gasteiger partial charge in [-0.1, -0.05) is 6.07 Å². The Morgan fingerprint density at radius 1 is 1.50 bits per heavy atom. The fraction of sp³-hybridized carbons (Fsp3) is 0.364. The van der Waals surface area contributed by atoms with Crippen LogP contribution in [0.4, 0.5) is 0 Å². The molecule has 1 rings (SSSR count). The summed E-state index contributed by atoms with van der Waals surface area (Å²) in [6, 6.07) is 7.67. The van der Waals surface area contributed by atoms with Gasteiger partial charge in [0.1, 0.15) is 11.8 Å². The molecule has 3 nitrogen and oxygen atoms in total. The zero-order valence-corrected chi connectivity index (χ0v) is 8.66. The van der Waals surface area contributed by atoms with Crippen molar-refractivity contribution in [3.8, 4) is 11.8 Å². The Morgan fingerprint density at radius 3 is 2.64 bits per heavy atom. The molecule has 0 saturated heterocycles. The Bertz CT molecular complexity index is 355. The largest absolute Gasteiger partial charge is 0.496 e. The summed E-state index contributed by atoms with van der Waals surface area (Å²) in [7, 11) is 3.41. The molecule has 0 radical (unpaired) electrons. The molecule has 0 aliphatic heterocycles. The Morgan fingerprint density at radius 2 is 2.21 bits per heavy atom. The number of ether oxygens (including phenoxy) is 1. The number of methoxy groups -OCH3 is 1. The molecular weight excluding hydrogens is 176 g/mol. The molecule has 0 aliphatic rings. The third-order valence-corrected chi connectivity index (χ3v) is 2.17. The number of benzene rings is 1. The van der Waals surface area contributed by atoms with Crippen LogP contribution in [-0.2, 0) is 0 Å². The second-order valence-electron chi connectivity index (χ2n) is 3.08. The smallest absolute Gasteiger partial charge is 0.121 e. The summed E-state index contributed by atoms with van der Waals surface area (Å²) in [5.41, 5.74) is 2.01. The monoisotopic (exact) mass is 190 g/mol. The van der Waals surface area contributed by atoms with Gasteiger partial charge in [0.05, 0.1) is 13.2 Å². The van der Waals surface area contributed by atoms with Crippen LogP contribution in [0, 0.1) is 18.3 Å². The van der Waals surface area contributed by atoms with Crippen LogP contribution in [-0.4, -0.2) is 14.2 Å². The average molecular weight is 190 g/mol. The van der Waals surface area contributed by atoms with E-state index in [4.69, 9.17) is 10.00 Å². The van der Waals surface area contributed by atoms with Gasteiger partial charge < -0.3 is 10.1 Å². The molecule has 1 aromatic carbocycles. The Kier molecular flexibility index (Phi) is 3.49. The van der Waals surface area contributed by atoms with Crippen LogP contribution in [0.25, 0.3) is 0 Å². The first-order valence-electron chi connectivity index (χ1n) is 4.44. The van der Waals surface area contributed by atoms with E-state index in [2.05, 4.69) is 11.4 Å². The lowest BCUT2D eigenvalue weighted by atomic mass is 10.1. The quantitative estimate of drug-likeness (QED) is 0.790. The number of hydrogen-bond acceptors (Lipinski definition) is 3. The van der Waals surface area contributed by atoms with E-state index in [1.807, 2.05) is 25.1 Å². The van der Waals surface area contributed by atoms with Crippen molar-refractivity contribution in [1.82, 2.24) is 5.32 Å². The van der Waals surface area contributed by atoms with E-state index in [1.54, 1.807) is 14.2 Å². The maximum Gasteiger partial charge on any atom is 0.121 e. The first-order chi connectivity index (χ1) is 6.72.